The van der Waals surface area contributed by atoms with Gasteiger partial charge >= 0.3 is 0 Å². The minimum Gasteiger partial charge on any atom is -0.506 e. The van der Waals surface area contributed by atoms with Crippen LogP contribution in [0.1, 0.15) is 18.0 Å². The SMILES string of the molecule is Cl.NC(CCO)c1c(Br)cc(Br)c(O)c1Br. The molecule has 0 saturated carbocycles. The van der Waals surface area contributed by atoms with Crippen molar-refractivity contribution in [2.75, 3.05) is 6.61 Å². The molecule has 0 spiro atoms. The Morgan fingerprint density at radius 1 is 1.25 bits per heavy atom. The first-order chi connectivity index (χ1) is 6.99. The van der Waals surface area contributed by atoms with Gasteiger partial charge in [0.05, 0.1) is 8.95 Å². The molecule has 1 aromatic rings. The maximum absolute atomic E-state index is 9.70. The predicted octanol–water partition coefficient (Wildman–Crippen LogP) is 3.48. The lowest BCUT2D eigenvalue weighted by Crippen LogP contribution is -2.13. The fraction of sp³-hybridized carbons (Fsp3) is 0.333. The molecule has 0 saturated heterocycles. The van der Waals surface area contributed by atoms with Gasteiger partial charge in [-0.25, -0.2) is 0 Å². The average Bonchev–Trinajstić information content (AvgIpc) is 2.15. The lowest BCUT2D eigenvalue weighted by Gasteiger charge is -2.16. The number of aliphatic hydroxyl groups is 1. The molecule has 0 aliphatic heterocycles. The van der Waals surface area contributed by atoms with Crippen molar-refractivity contribution in [1.29, 1.82) is 0 Å². The largest absolute Gasteiger partial charge is 0.506 e. The van der Waals surface area contributed by atoms with E-state index in [-0.39, 0.29) is 30.8 Å². The molecular weight excluding hydrogens is 429 g/mol. The van der Waals surface area contributed by atoms with E-state index >= 15 is 0 Å². The van der Waals surface area contributed by atoms with Crippen LogP contribution in [0, 0.1) is 0 Å². The molecule has 0 heterocycles. The van der Waals surface area contributed by atoms with Gasteiger partial charge < -0.3 is 15.9 Å². The molecule has 3 nitrogen and oxygen atoms in total. The zero-order chi connectivity index (χ0) is 11.6. The first kappa shape index (κ1) is 16.7. The summed E-state index contributed by atoms with van der Waals surface area (Å²) in [5.74, 6) is 0.113. The number of phenolic OH excluding ortho intramolecular Hbond substituents is 1. The quantitative estimate of drug-likeness (QED) is 0.675. The third kappa shape index (κ3) is 3.58. The van der Waals surface area contributed by atoms with Crippen molar-refractivity contribution in [1.82, 2.24) is 0 Å². The second-order valence-electron chi connectivity index (χ2n) is 3.04. The summed E-state index contributed by atoms with van der Waals surface area (Å²) in [7, 11) is 0. The average molecular weight is 440 g/mol. The number of halogens is 4. The van der Waals surface area contributed by atoms with Gasteiger partial charge in [0.15, 0.2) is 0 Å². The maximum Gasteiger partial charge on any atom is 0.144 e. The minimum atomic E-state index is -0.322. The molecule has 1 unspecified atom stereocenters. The van der Waals surface area contributed by atoms with Gasteiger partial charge in [0.25, 0.3) is 0 Å². The van der Waals surface area contributed by atoms with E-state index in [1.54, 1.807) is 6.07 Å². The standard InChI is InChI=1S/C9H10Br3NO2.ClH/c10-4-3-5(11)9(15)8(12)7(4)6(13)1-2-14;/h3,6,14-15H,1-2,13H2;1H. The van der Waals surface area contributed by atoms with E-state index in [9.17, 15) is 5.11 Å². The Bertz CT molecular complexity index is 376. The zero-order valence-electron chi connectivity index (χ0n) is 8.08. The van der Waals surface area contributed by atoms with Crippen molar-refractivity contribution in [2.24, 2.45) is 5.73 Å². The third-order valence-electron chi connectivity index (χ3n) is 1.99. The Morgan fingerprint density at radius 3 is 2.31 bits per heavy atom. The molecule has 1 aromatic carbocycles. The summed E-state index contributed by atoms with van der Waals surface area (Å²) in [6.45, 7) is 0.0108. The number of rotatable bonds is 3. The van der Waals surface area contributed by atoms with Gasteiger partial charge in [-0.3, -0.25) is 0 Å². The van der Waals surface area contributed by atoms with Crippen LogP contribution in [0.5, 0.6) is 5.75 Å². The van der Waals surface area contributed by atoms with Crippen molar-refractivity contribution in [2.45, 2.75) is 12.5 Å². The van der Waals surface area contributed by atoms with Crippen LogP contribution in [0.2, 0.25) is 0 Å². The normalized spacial score (nSPS) is 12.1. The van der Waals surface area contributed by atoms with Crippen molar-refractivity contribution >= 4 is 60.2 Å². The summed E-state index contributed by atoms with van der Waals surface area (Å²) < 4.78 is 1.92. The van der Waals surface area contributed by atoms with E-state index in [2.05, 4.69) is 47.8 Å². The van der Waals surface area contributed by atoms with E-state index in [0.29, 0.717) is 15.4 Å². The number of nitrogens with two attached hydrogens (primary N) is 1. The second-order valence-corrected chi connectivity index (χ2v) is 5.54. The highest BCUT2D eigenvalue weighted by molar-refractivity contribution is 9.11. The molecule has 0 radical (unpaired) electrons. The minimum absolute atomic E-state index is 0. The molecule has 0 amide bonds. The van der Waals surface area contributed by atoms with Crippen molar-refractivity contribution in [3.05, 3.63) is 25.0 Å². The smallest absolute Gasteiger partial charge is 0.144 e. The molecule has 4 N–H and O–H groups in total. The molecule has 0 bridgehead atoms. The Labute approximate surface area is 125 Å². The van der Waals surface area contributed by atoms with Crippen LogP contribution < -0.4 is 5.73 Å². The van der Waals surface area contributed by atoms with Gasteiger partial charge in [0, 0.05) is 22.7 Å². The van der Waals surface area contributed by atoms with E-state index < -0.39 is 0 Å². The first-order valence-corrected chi connectivity index (χ1v) is 6.59. The van der Waals surface area contributed by atoms with Crippen molar-refractivity contribution in [3.8, 4) is 5.75 Å². The van der Waals surface area contributed by atoms with Gasteiger partial charge in [-0.15, -0.1) is 12.4 Å². The van der Waals surface area contributed by atoms with Crippen LogP contribution in [-0.2, 0) is 0 Å². The van der Waals surface area contributed by atoms with Crippen LogP contribution in [0.25, 0.3) is 0 Å². The summed E-state index contributed by atoms with van der Waals surface area (Å²) in [6, 6.07) is 1.41. The van der Waals surface area contributed by atoms with E-state index in [1.165, 1.54) is 0 Å². The number of aromatic hydroxyl groups is 1. The molecule has 92 valence electrons. The Hall–Kier alpha value is 0.670. The molecule has 16 heavy (non-hydrogen) atoms. The highest BCUT2D eigenvalue weighted by Gasteiger charge is 2.18. The second kappa shape index (κ2) is 7.18. The summed E-state index contributed by atoms with van der Waals surface area (Å²) in [4.78, 5) is 0. The fourth-order valence-corrected chi connectivity index (χ4v) is 3.93. The summed E-state index contributed by atoms with van der Waals surface area (Å²) in [5.41, 5.74) is 6.63. The monoisotopic (exact) mass is 437 g/mol. The number of phenols is 1. The predicted molar refractivity (Wildman–Crippen MR) is 77.1 cm³/mol. The van der Waals surface area contributed by atoms with Crippen LogP contribution in [0.15, 0.2) is 19.5 Å². The van der Waals surface area contributed by atoms with Gasteiger partial charge in [-0.05, 0) is 44.3 Å². The van der Waals surface area contributed by atoms with Crippen LogP contribution in [-0.4, -0.2) is 16.8 Å². The zero-order valence-corrected chi connectivity index (χ0v) is 13.7. The lowest BCUT2D eigenvalue weighted by molar-refractivity contribution is 0.276. The maximum atomic E-state index is 9.70. The highest BCUT2D eigenvalue weighted by Crippen LogP contribution is 2.42. The molecule has 7 heteroatoms. The number of aliphatic hydroxyl groups excluding tert-OH is 1. The molecule has 1 atom stereocenters. The van der Waals surface area contributed by atoms with Crippen LogP contribution >= 0.6 is 60.2 Å². The summed E-state index contributed by atoms with van der Waals surface area (Å²) >= 11 is 9.87. The van der Waals surface area contributed by atoms with Gasteiger partial charge in [-0.1, -0.05) is 15.9 Å². The third-order valence-corrected chi connectivity index (χ3v) is 4.06. The number of hydrogen-bond donors (Lipinski definition) is 3. The van der Waals surface area contributed by atoms with Gasteiger partial charge in [0.2, 0.25) is 0 Å². The van der Waals surface area contributed by atoms with E-state index in [0.717, 1.165) is 10.0 Å². The van der Waals surface area contributed by atoms with Gasteiger partial charge in [0.1, 0.15) is 5.75 Å². The summed E-state index contributed by atoms with van der Waals surface area (Å²) in [6.07, 6.45) is 0.443. The van der Waals surface area contributed by atoms with E-state index in [1.807, 2.05) is 0 Å². The molecule has 0 aliphatic carbocycles. The van der Waals surface area contributed by atoms with Gasteiger partial charge in [-0.2, -0.15) is 0 Å². The van der Waals surface area contributed by atoms with E-state index in [4.69, 9.17) is 10.8 Å². The topological polar surface area (TPSA) is 66.5 Å². The number of benzene rings is 1. The molecule has 1 rings (SSSR count). The molecule has 0 aromatic heterocycles. The Balaban J connectivity index is 0.00000225. The summed E-state index contributed by atoms with van der Waals surface area (Å²) in [5, 5.41) is 18.5. The van der Waals surface area contributed by atoms with Crippen molar-refractivity contribution < 1.29 is 10.2 Å². The van der Waals surface area contributed by atoms with Crippen LogP contribution in [0.3, 0.4) is 0 Å². The molecule has 0 fully saturated rings. The molecule has 0 aliphatic rings. The Morgan fingerprint density at radius 2 is 1.81 bits per heavy atom. The first-order valence-electron chi connectivity index (χ1n) is 4.21. The van der Waals surface area contributed by atoms with Crippen LogP contribution in [0.4, 0.5) is 0 Å². The van der Waals surface area contributed by atoms with Crippen molar-refractivity contribution in [3.63, 3.8) is 0 Å². The lowest BCUT2D eigenvalue weighted by atomic mass is 10.0. The molecular formula is C9H11Br3ClNO2. The number of hydrogen-bond acceptors (Lipinski definition) is 3. The highest BCUT2D eigenvalue weighted by atomic mass is 79.9. The fourth-order valence-electron chi connectivity index (χ4n) is 1.22. The Kier molecular flexibility index (Phi) is 7.48.